The summed E-state index contributed by atoms with van der Waals surface area (Å²) in [4.78, 5) is 18.5. The number of hydrogen-bond donors (Lipinski definition) is 1. The molecule has 1 N–H and O–H groups in total. The first-order valence-corrected chi connectivity index (χ1v) is 7.51. The van der Waals surface area contributed by atoms with Crippen molar-refractivity contribution in [2.75, 3.05) is 19.4 Å². The van der Waals surface area contributed by atoms with Crippen molar-refractivity contribution in [2.24, 2.45) is 5.92 Å². The smallest absolute Gasteiger partial charge is 0.255 e. The van der Waals surface area contributed by atoms with E-state index in [0.29, 0.717) is 22.4 Å². The van der Waals surface area contributed by atoms with Crippen LogP contribution in [0.25, 0.3) is 0 Å². The molecule has 1 fully saturated rings. The Bertz CT molecular complexity index is 484. The Morgan fingerprint density at radius 3 is 2.65 bits per heavy atom. The maximum Gasteiger partial charge on any atom is 0.255 e. The highest BCUT2D eigenvalue weighted by atomic mass is 35.5. The van der Waals surface area contributed by atoms with Crippen LogP contribution in [0.2, 0.25) is 5.02 Å². The number of aromatic nitrogens is 1. The Labute approximate surface area is 125 Å². The molecule has 1 aromatic rings. The number of carbonyl (C=O) groups is 1. The van der Waals surface area contributed by atoms with Gasteiger partial charge in [-0.05, 0) is 37.7 Å². The zero-order chi connectivity index (χ0) is 14.7. The second-order valence-corrected chi connectivity index (χ2v) is 6.04. The van der Waals surface area contributed by atoms with Crippen LogP contribution in [0.4, 0.5) is 5.82 Å². The van der Waals surface area contributed by atoms with E-state index in [2.05, 4.69) is 17.2 Å². The summed E-state index contributed by atoms with van der Waals surface area (Å²) >= 11 is 6.12. The van der Waals surface area contributed by atoms with Crippen LogP contribution in [0.5, 0.6) is 0 Å². The number of amides is 1. The van der Waals surface area contributed by atoms with Crippen molar-refractivity contribution in [2.45, 2.75) is 38.6 Å². The van der Waals surface area contributed by atoms with Crippen molar-refractivity contribution >= 4 is 23.3 Å². The van der Waals surface area contributed by atoms with Crippen LogP contribution in [0, 0.1) is 5.92 Å². The molecule has 0 spiro atoms. The lowest BCUT2D eigenvalue weighted by atomic mass is 9.86. The van der Waals surface area contributed by atoms with Gasteiger partial charge in [0.05, 0.1) is 10.6 Å². The molecular weight excluding hydrogens is 274 g/mol. The molecule has 1 heterocycles. The third-order valence-electron chi connectivity index (χ3n) is 4.20. The summed E-state index contributed by atoms with van der Waals surface area (Å²) in [6.07, 6.45) is 6.05. The van der Waals surface area contributed by atoms with Crippen molar-refractivity contribution in [3.8, 4) is 0 Å². The van der Waals surface area contributed by atoms with Gasteiger partial charge < -0.3 is 10.2 Å². The molecular formula is C15H22ClN3O. The van der Waals surface area contributed by atoms with Gasteiger partial charge in [0, 0.05) is 26.3 Å². The Kier molecular flexibility index (Phi) is 4.86. The number of nitrogens with zero attached hydrogens (tertiary/aromatic N) is 2. The van der Waals surface area contributed by atoms with E-state index < -0.39 is 0 Å². The molecule has 0 bridgehead atoms. The van der Waals surface area contributed by atoms with E-state index >= 15 is 0 Å². The van der Waals surface area contributed by atoms with Gasteiger partial charge in [0.2, 0.25) is 0 Å². The predicted molar refractivity (Wildman–Crippen MR) is 82.3 cm³/mol. The van der Waals surface area contributed by atoms with Crippen LogP contribution in [0.3, 0.4) is 0 Å². The highest BCUT2D eigenvalue weighted by Crippen LogP contribution is 2.28. The fourth-order valence-electron chi connectivity index (χ4n) is 2.72. The molecule has 0 aromatic carbocycles. The van der Waals surface area contributed by atoms with Gasteiger partial charge in [-0.15, -0.1) is 0 Å². The molecule has 4 nitrogen and oxygen atoms in total. The summed E-state index contributed by atoms with van der Waals surface area (Å²) in [5.74, 6) is 1.41. The van der Waals surface area contributed by atoms with Gasteiger partial charge in [0.1, 0.15) is 5.82 Å². The summed E-state index contributed by atoms with van der Waals surface area (Å²) < 4.78 is 0. The molecule has 0 saturated heterocycles. The molecule has 0 atom stereocenters. The van der Waals surface area contributed by atoms with Gasteiger partial charge in [-0.2, -0.15) is 0 Å². The second kappa shape index (κ2) is 6.44. The van der Waals surface area contributed by atoms with Gasteiger partial charge in [0.25, 0.3) is 5.91 Å². The molecule has 5 heteroatoms. The first-order valence-electron chi connectivity index (χ1n) is 7.13. The number of anilines is 1. The van der Waals surface area contributed by atoms with Gasteiger partial charge in [-0.25, -0.2) is 4.98 Å². The summed E-state index contributed by atoms with van der Waals surface area (Å²) in [6.45, 7) is 2.27. The van der Waals surface area contributed by atoms with E-state index in [1.165, 1.54) is 19.0 Å². The van der Waals surface area contributed by atoms with Crippen LogP contribution in [0.1, 0.15) is 43.0 Å². The van der Waals surface area contributed by atoms with E-state index in [0.717, 1.165) is 18.8 Å². The molecule has 1 aliphatic carbocycles. The number of nitrogens with one attached hydrogen (secondary N) is 1. The van der Waals surface area contributed by atoms with Crippen molar-refractivity contribution in [3.63, 3.8) is 0 Å². The van der Waals surface area contributed by atoms with Gasteiger partial charge >= 0.3 is 0 Å². The van der Waals surface area contributed by atoms with E-state index in [1.807, 2.05) is 11.9 Å². The first kappa shape index (κ1) is 15.1. The molecule has 1 saturated carbocycles. The maximum atomic E-state index is 12.6. The van der Waals surface area contributed by atoms with Crippen LogP contribution in [-0.2, 0) is 0 Å². The third kappa shape index (κ3) is 3.23. The SMILES string of the molecule is CNc1cc(C(=O)N(C)C2CCC(C)CC2)c(Cl)cn1. The largest absolute Gasteiger partial charge is 0.373 e. The van der Waals surface area contributed by atoms with Crippen LogP contribution < -0.4 is 5.32 Å². The second-order valence-electron chi connectivity index (χ2n) is 5.63. The minimum atomic E-state index is -0.0200. The number of pyridine rings is 1. The van der Waals surface area contributed by atoms with Crippen molar-refractivity contribution < 1.29 is 4.79 Å². The van der Waals surface area contributed by atoms with Crippen molar-refractivity contribution in [1.82, 2.24) is 9.88 Å². The number of hydrogen-bond acceptors (Lipinski definition) is 3. The molecule has 1 aliphatic rings. The molecule has 110 valence electrons. The lowest BCUT2D eigenvalue weighted by molar-refractivity contribution is 0.0679. The van der Waals surface area contributed by atoms with Gasteiger partial charge in [-0.3, -0.25) is 4.79 Å². The molecule has 0 radical (unpaired) electrons. The Morgan fingerprint density at radius 2 is 2.05 bits per heavy atom. The monoisotopic (exact) mass is 295 g/mol. The molecule has 1 amide bonds. The third-order valence-corrected chi connectivity index (χ3v) is 4.50. The highest BCUT2D eigenvalue weighted by molar-refractivity contribution is 6.33. The fraction of sp³-hybridized carbons (Fsp3) is 0.600. The zero-order valence-electron chi connectivity index (χ0n) is 12.3. The quantitative estimate of drug-likeness (QED) is 0.929. The zero-order valence-corrected chi connectivity index (χ0v) is 13.1. The van der Waals surface area contributed by atoms with Crippen molar-refractivity contribution in [3.05, 3.63) is 22.8 Å². The lowest BCUT2D eigenvalue weighted by Crippen LogP contribution is -2.39. The minimum absolute atomic E-state index is 0.0200. The molecule has 0 unspecified atom stereocenters. The summed E-state index contributed by atoms with van der Waals surface area (Å²) in [6, 6.07) is 2.04. The summed E-state index contributed by atoms with van der Waals surface area (Å²) in [5, 5.41) is 3.34. The molecule has 0 aliphatic heterocycles. The van der Waals surface area contributed by atoms with Crippen LogP contribution >= 0.6 is 11.6 Å². The molecule has 2 rings (SSSR count). The van der Waals surface area contributed by atoms with Gasteiger partial charge in [-0.1, -0.05) is 18.5 Å². The Hall–Kier alpha value is -1.29. The standard InChI is InChI=1S/C15H22ClN3O/c1-10-4-6-11(7-5-10)19(3)15(20)12-8-14(17-2)18-9-13(12)16/h8-11H,4-7H2,1-3H3,(H,17,18). The summed E-state index contributed by atoms with van der Waals surface area (Å²) in [5.41, 5.74) is 0.520. The van der Waals surface area contributed by atoms with Gasteiger partial charge in [0.15, 0.2) is 0 Å². The Balaban J connectivity index is 2.14. The first-order chi connectivity index (χ1) is 9.52. The number of carbonyl (C=O) groups excluding carboxylic acids is 1. The highest BCUT2D eigenvalue weighted by Gasteiger charge is 2.26. The molecule has 1 aromatic heterocycles. The van der Waals surface area contributed by atoms with Crippen LogP contribution in [-0.4, -0.2) is 35.9 Å². The molecule has 20 heavy (non-hydrogen) atoms. The van der Waals surface area contributed by atoms with E-state index in [1.54, 1.807) is 13.1 Å². The minimum Gasteiger partial charge on any atom is -0.373 e. The average Bonchev–Trinajstić information content (AvgIpc) is 2.47. The Morgan fingerprint density at radius 1 is 1.40 bits per heavy atom. The van der Waals surface area contributed by atoms with E-state index in [-0.39, 0.29) is 5.91 Å². The maximum absolute atomic E-state index is 12.6. The number of rotatable bonds is 3. The van der Waals surface area contributed by atoms with E-state index in [4.69, 9.17) is 11.6 Å². The normalized spacial score (nSPS) is 22.4. The summed E-state index contributed by atoms with van der Waals surface area (Å²) in [7, 11) is 3.65. The average molecular weight is 296 g/mol. The van der Waals surface area contributed by atoms with Crippen molar-refractivity contribution in [1.29, 1.82) is 0 Å². The lowest BCUT2D eigenvalue weighted by Gasteiger charge is -2.33. The fourth-order valence-corrected chi connectivity index (χ4v) is 2.91. The number of halogens is 1. The predicted octanol–water partition coefficient (Wildman–Crippen LogP) is 3.43. The van der Waals surface area contributed by atoms with Crippen LogP contribution in [0.15, 0.2) is 12.3 Å². The van der Waals surface area contributed by atoms with E-state index in [9.17, 15) is 4.79 Å². The topological polar surface area (TPSA) is 45.2 Å².